The largest absolute Gasteiger partial charge is 0.356 e. The van der Waals surface area contributed by atoms with Crippen molar-refractivity contribution in [2.24, 2.45) is 0 Å². The molecule has 0 fully saturated rings. The van der Waals surface area contributed by atoms with Crippen LogP contribution in [0.3, 0.4) is 0 Å². The Bertz CT molecular complexity index is 113. The average Bonchev–Trinajstić information content (AvgIpc) is 2.24. The number of rotatable bonds is 7. The maximum absolute atomic E-state index is 11.1. The molecule has 0 atom stereocenters. The van der Waals surface area contributed by atoms with Gasteiger partial charge >= 0.3 is 0 Å². The lowest BCUT2D eigenvalue weighted by atomic mass is 10.1. The highest BCUT2D eigenvalue weighted by Crippen LogP contribution is 2.01. The lowest BCUT2D eigenvalue weighted by Gasteiger charge is -2.02. The molecule has 2 heteroatoms. The number of amides is 1. The van der Waals surface area contributed by atoms with E-state index in [0.29, 0.717) is 6.42 Å². The van der Waals surface area contributed by atoms with Crippen molar-refractivity contribution < 1.29 is 4.79 Å². The van der Waals surface area contributed by atoms with E-state index >= 15 is 0 Å². The highest BCUT2D eigenvalue weighted by atomic mass is 16.1. The second-order valence-electron chi connectivity index (χ2n) is 3.16. The highest BCUT2D eigenvalue weighted by Gasteiger charge is 1.97. The maximum atomic E-state index is 11.1. The van der Waals surface area contributed by atoms with E-state index in [2.05, 4.69) is 19.2 Å². The van der Waals surface area contributed by atoms with Crippen LogP contribution in [0.15, 0.2) is 0 Å². The van der Waals surface area contributed by atoms with Crippen LogP contribution in [0, 0.1) is 0 Å². The minimum Gasteiger partial charge on any atom is -0.356 e. The van der Waals surface area contributed by atoms with E-state index in [1.165, 1.54) is 19.3 Å². The Balaban J connectivity index is 0. The summed E-state index contributed by atoms with van der Waals surface area (Å²) in [7, 11) is 0. The lowest BCUT2D eigenvalue weighted by Crippen LogP contribution is -2.23. The van der Waals surface area contributed by atoms with E-state index in [1.54, 1.807) is 0 Å². The Morgan fingerprint density at radius 3 is 2.14 bits per heavy atom. The van der Waals surface area contributed by atoms with E-state index in [9.17, 15) is 4.79 Å². The molecule has 0 bridgehead atoms. The van der Waals surface area contributed by atoms with Crippen molar-refractivity contribution in [1.29, 1.82) is 0 Å². The standard InChI is InChI=1S/C10H21NO.C2H6/c1-3-5-6-7-8-10(12)11-9-4-2;1-2/h3-9H2,1-2H3,(H,11,12);1-2H3. The van der Waals surface area contributed by atoms with Crippen LogP contribution in [0.5, 0.6) is 0 Å². The van der Waals surface area contributed by atoms with Crippen LogP contribution in [-0.4, -0.2) is 12.5 Å². The first-order valence-electron chi connectivity index (χ1n) is 6.08. The molecule has 0 radical (unpaired) electrons. The minimum atomic E-state index is 0.216. The summed E-state index contributed by atoms with van der Waals surface area (Å²) in [6.07, 6.45) is 6.46. The summed E-state index contributed by atoms with van der Waals surface area (Å²) in [6, 6.07) is 0. The second-order valence-corrected chi connectivity index (χ2v) is 3.16. The van der Waals surface area contributed by atoms with Gasteiger partial charge in [0.1, 0.15) is 0 Å². The quantitative estimate of drug-likeness (QED) is 0.627. The zero-order chi connectivity index (χ0) is 11.2. The molecule has 0 aromatic heterocycles. The van der Waals surface area contributed by atoms with Crippen molar-refractivity contribution in [2.45, 2.75) is 66.2 Å². The first kappa shape index (κ1) is 15.9. The van der Waals surface area contributed by atoms with Gasteiger partial charge in [-0.05, 0) is 12.8 Å². The topological polar surface area (TPSA) is 29.1 Å². The summed E-state index contributed by atoms with van der Waals surface area (Å²) in [5.41, 5.74) is 0. The summed E-state index contributed by atoms with van der Waals surface area (Å²) in [6.45, 7) is 9.07. The fraction of sp³-hybridized carbons (Fsp3) is 0.917. The van der Waals surface area contributed by atoms with Gasteiger partial charge in [-0.25, -0.2) is 0 Å². The number of hydrogen-bond donors (Lipinski definition) is 1. The summed E-state index contributed by atoms with van der Waals surface area (Å²) in [5.74, 6) is 0.216. The van der Waals surface area contributed by atoms with E-state index in [1.807, 2.05) is 13.8 Å². The van der Waals surface area contributed by atoms with E-state index in [-0.39, 0.29) is 5.91 Å². The molecule has 2 nitrogen and oxygen atoms in total. The van der Waals surface area contributed by atoms with Crippen LogP contribution in [-0.2, 0) is 4.79 Å². The van der Waals surface area contributed by atoms with Crippen molar-refractivity contribution in [3.05, 3.63) is 0 Å². The molecule has 0 aliphatic carbocycles. The van der Waals surface area contributed by atoms with Crippen molar-refractivity contribution in [1.82, 2.24) is 5.32 Å². The Labute approximate surface area is 89.5 Å². The van der Waals surface area contributed by atoms with Gasteiger partial charge in [0.25, 0.3) is 0 Å². The molecule has 86 valence electrons. The van der Waals surface area contributed by atoms with Crippen LogP contribution >= 0.6 is 0 Å². The third kappa shape index (κ3) is 14.0. The maximum Gasteiger partial charge on any atom is 0.219 e. The highest BCUT2D eigenvalue weighted by molar-refractivity contribution is 5.75. The molecule has 0 saturated carbocycles. The molecule has 0 aliphatic rings. The molecule has 0 rings (SSSR count). The van der Waals surface area contributed by atoms with Crippen molar-refractivity contribution in [3.63, 3.8) is 0 Å². The molecule has 0 aromatic rings. The molecule has 0 unspecified atom stereocenters. The lowest BCUT2D eigenvalue weighted by molar-refractivity contribution is -0.121. The van der Waals surface area contributed by atoms with Crippen molar-refractivity contribution in [2.75, 3.05) is 6.54 Å². The fourth-order valence-corrected chi connectivity index (χ4v) is 1.07. The van der Waals surface area contributed by atoms with Crippen LogP contribution in [0.4, 0.5) is 0 Å². The second kappa shape index (κ2) is 15.0. The number of hydrogen-bond acceptors (Lipinski definition) is 1. The first-order valence-corrected chi connectivity index (χ1v) is 6.08. The summed E-state index contributed by atoms with van der Waals surface area (Å²) in [5, 5.41) is 2.87. The van der Waals surface area contributed by atoms with E-state index in [4.69, 9.17) is 0 Å². The molecule has 0 aliphatic heterocycles. The van der Waals surface area contributed by atoms with Gasteiger partial charge in [-0.15, -0.1) is 0 Å². The molecule has 0 saturated heterocycles. The molecule has 0 heterocycles. The van der Waals surface area contributed by atoms with Crippen molar-refractivity contribution in [3.8, 4) is 0 Å². The van der Waals surface area contributed by atoms with E-state index < -0.39 is 0 Å². The van der Waals surface area contributed by atoms with Crippen LogP contribution < -0.4 is 5.32 Å². The Hall–Kier alpha value is -0.530. The minimum absolute atomic E-state index is 0.216. The number of unbranched alkanes of at least 4 members (excludes halogenated alkanes) is 3. The molecule has 1 amide bonds. The van der Waals surface area contributed by atoms with Gasteiger partial charge in [0.2, 0.25) is 5.91 Å². The van der Waals surface area contributed by atoms with Crippen LogP contribution in [0.1, 0.15) is 66.2 Å². The Morgan fingerprint density at radius 1 is 1.00 bits per heavy atom. The Kier molecular flexibility index (Phi) is 17.0. The third-order valence-electron chi connectivity index (χ3n) is 1.83. The van der Waals surface area contributed by atoms with Gasteiger partial charge < -0.3 is 5.32 Å². The third-order valence-corrected chi connectivity index (χ3v) is 1.83. The van der Waals surface area contributed by atoms with Gasteiger partial charge in [-0.3, -0.25) is 4.79 Å². The zero-order valence-corrected chi connectivity index (χ0v) is 10.4. The summed E-state index contributed by atoms with van der Waals surface area (Å²) in [4.78, 5) is 11.1. The molecule has 14 heavy (non-hydrogen) atoms. The summed E-state index contributed by atoms with van der Waals surface area (Å²) >= 11 is 0. The zero-order valence-electron chi connectivity index (χ0n) is 10.4. The van der Waals surface area contributed by atoms with Gasteiger partial charge in [0.15, 0.2) is 0 Å². The SMILES string of the molecule is CC.CCCCCCC(=O)NCCC. The van der Waals surface area contributed by atoms with Gasteiger partial charge in [-0.1, -0.05) is 47.0 Å². The molecule has 0 spiro atoms. The molecule has 1 N–H and O–H groups in total. The normalized spacial score (nSPS) is 8.86. The molecular formula is C12H27NO. The van der Waals surface area contributed by atoms with Gasteiger partial charge in [0.05, 0.1) is 0 Å². The molecule has 0 aromatic carbocycles. The van der Waals surface area contributed by atoms with Gasteiger partial charge in [0, 0.05) is 13.0 Å². The Morgan fingerprint density at radius 2 is 1.64 bits per heavy atom. The number of nitrogens with one attached hydrogen (secondary N) is 1. The summed E-state index contributed by atoms with van der Waals surface area (Å²) < 4.78 is 0. The van der Waals surface area contributed by atoms with Crippen LogP contribution in [0.2, 0.25) is 0 Å². The number of carbonyl (C=O) groups is 1. The van der Waals surface area contributed by atoms with E-state index in [0.717, 1.165) is 19.4 Å². The van der Waals surface area contributed by atoms with Crippen LogP contribution in [0.25, 0.3) is 0 Å². The average molecular weight is 201 g/mol. The molecular weight excluding hydrogens is 174 g/mol. The predicted molar refractivity (Wildman–Crippen MR) is 63.4 cm³/mol. The monoisotopic (exact) mass is 201 g/mol. The van der Waals surface area contributed by atoms with Gasteiger partial charge in [-0.2, -0.15) is 0 Å². The number of carbonyl (C=O) groups excluding carboxylic acids is 1. The predicted octanol–water partition coefficient (Wildman–Crippen LogP) is 3.51. The first-order chi connectivity index (χ1) is 6.81. The fourth-order valence-electron chi connectivity index (χ4n) is 1.07. The van der Waals surface area contributed by atoms with Crippen molar-refractivity contribution >= 4 is 5.91 Å². The smallest absolute Gasteiger partial charge is 0.219 e.